The maximum Gasteiger partial charge on any atom is 0.216 e. The lowest BCUT2D eigenvalue weighted by Crippen LogP contribution is -2.38. The zero-order chi connectivity index (χ0) is 19.3. The van der Waals surface area contributed by atoms with Crippen molar-refractivity contribution in [3.05, 3.63) is 53.9 Å². The summed E-state index contributed by atoms with van der Waals surface area (Å²) in [5.74, 6) is 3.19. The normalized spacial score (nSPS) is 12.1. The Balaban J connectivity index is 0.00000280. The van der Waals surface area contributed by atoms with Gasteiger partial charge in [-0.1, -0.05) is 39.0 Å². The van der Waals surface area contributed by atoms with Gasteiger partial charge in [0.2, 0.25) is 5.89 Å². The number of nitrogens with zero attached hydrogens (tertiary/aromatic N) is 2. The summed E-state index contributed by atoms with van der Waals surface area (Å²) >= 11 is 0. The lowest BCUT2D eigenvalue weighted by molar-refractivity contribution is 0.383. The van der Waals surface area contributed by atoms with Crippen LogP contribution in [0.25, 0.3) is 11.0 Å². The second-order valence-corrected chi connectivity index (χ2v) is 7.49. The summed E-state index contributed by atoms with van der Waals surface area (Å²) in [4.78, 5) is 8.88. The Labute approximate surface area is 183 Å². The molecule has 0 unspecified atom stereocenters. The Bertz CT molecular complexity index is 875. The van der Waals surface area contributed by atoms with E-state index in [4.69, 9.17) is 8.83 Å². The minimum absolute atomic E-state index is 0. The van der Waals surface area contributed by atoms with E-state index in [1.165, 1.54) is 0 Å². The fraction of sp³-hybridized carbons (Fsp3) is 0.429. The molecule has 0 atom stereocenters. The third-order valence-electron chi connectivity index (χ3n) is 4.15. The molecule has 2 aromatic heterocycles. The molecule has 2 heterocycles. The first-order chi connectivity index (χ1) is 13.0. The molecule has 0 bridgehead atoms. The fourth-order valence-corrected chi connectivity index (χ4v) is 2.68. The molecular formula is C21H29IN4O2. The lowest BCUT2D eigenvalue weighted by Gasteiger charge is -2.13. The molecule has 0 aliphatic carbocycles. The van der Waals surface area contributed by atoms with Gasteiger partial charge in [0, 0.05) is 30.3 Å². The van der Waals surface area contributed by atoms with Crippen LogP contribution in [0.2, 0.25) is 0 Å². The monoisotopic (exact) mass is 496 g/mol. The van der Waals surface area contributed by atoms with E-state index in [1.54, 1.807) is 6.20 Å². The predicted octanol–water partition coefficient (Wildman–Crippen LogP) is 4.63. The lowest BCUT2D eigenvalue weighted by atomic mass is 9.94. The average molecular weight is 496 g/mol. The summed E-state index contributed by atoms with van der Waals surface area (Å²) in [5.41, 5.74) is 0.872. The highest BCUT2D eigenvalue weighted by Gasteiger charge is 2.19. The Hall–Kier alpha value is -2.03. The molecule has 3 rings (SSSR count). The van der Waals surface area contributed by atoms with Crippen LogP contribution in [0, 0.1) is 0 Å². The van der Waals surface area contributed by atoms with Crippen LogP contribution in [0.15, 0.2) is 50.4 Å². The highest BCUT2D eigenvalue weighted by molar-refractivity contribution is 14.0. The van der Waals surface area contributed by atoms with Gasteiger partial charge in [0.25, 0.3) is 0 Å². The molecule has 7 heteroatoms. The van der Waals surface area contributed by atoms with Gasteiger partial charge < -0.3 is 19.5 Å². The third-order valence-corrected chi connectivity index (χ3v) is 4.15. The number of aliphatic imine (C=N–C) groups is 1. The molecule has 0 aliphatic heterocycles. The van der Waals surface area contributed by atoms with Crippen LogP contribution < -0.4 is 10.6 Å². The van der Waals surface area contributed by atoms with Crippen molar-refractivity contribution in [1.29, 1.82) is 0 Å². The van der Waals surface area contributed by atoms with E-state index in [1.807, 2.05) is 25.1 Å². The first-order valence-electron chi connectivity index (χ1n) is 9.40. The number of aromatic nitrogens is 1. The largest absolute Gasteiger partial charge is 0.461 e. The van der Waals surface area contributed by atoms with Crippen molar-refractivity contribution < 1.29 is 8.83 Å². The van der Waals surface area contributed by atoms with Gasteiger partial charge in [-0.05, 0) is 19.1 Å². The number of guanidine groups is 1. The third kappa shape index (κ3) is 5.98. The van der Waals surface area contributed by atoms with Crippen LogP contribution >= 0.6 is 24.0 Å². The molecule has 0 aliphatic rings. The van der Waals surface area contributed by atoms with E-state index in [0.717, 1.165) is 48.0 Å². The number of oxazole rings is 1. The van der Waals surface area contributed by atoms with Crippen molar-refractivity contribution in [1.82, 2.24) is 15.6 Å². The van der Waals surface area contributed by atoms with E-state index in [2.05, 4.69) is 53.5 Å². The SMILES string of the molecule is CCNC(=NCc1ncc(C(C)(C)C)o1)NCCc1cc2ccccc2o1.I. The highest BCUT2D eigenvalue weighted by Crippen LogP contribution is 2.22. The standard InChI is InChI=1S/C21H28N4O2.HI/c1-5-22-20(25-14-19-24-13-18(27-19)21(2,3)4)23-11-10-16-12-15-8-6-7-9-17(15)26-16;/h6-9,12-13H,5,10-11,14H2,1-4H3,(H2,22,23,25);1H. The van der Waals surface area contributed by atoms with Crippen molar-refractivity contribution in [3.8, 4) is 0 Å². The molecule has 152 valence electrons. The Morgan fingerprint density at radius 1 is 1.14 bits per heavy atom. The Morgan fingerprint density at radius 3 is 2.61 bits per heavy atom. The maximum absolute atomic E-state index is 5.85. The summed E-state index contributed by atoms with van der Waals surface area (Å²) in [6, 6.07) is 10.1. The zero-order valence-corrected chi connectivity index (χ0v) is 19.2. The number of hydrogen-bond donors (Lipinski definition) is 2. The van der Waals surface area contributed by atoms with Gasteiger partial charge in [-0.25, -0.2) is 9.98 Å². The number of nitrogens with one attached hydrogen (secondary N) is 2. The van der Waals surface area contributed by atoms with Crippen LogP contribution in [-0.2, 0) is 18.4 Å². The highest BCUT2D eigenvalue weighted by atomic mass is 127. The van der Waals surface area contributed by atoms with Crippen LogP contribution in [-0.4, -0.2) is 24.0 Å². The zero-order valence-electron chi connectivity index (χ0n) is 16.9. The second-order valence-electron chi connectivity index (χ2n) is 7.49. The van der Waals surface area contributed by atoms with Crippen molar-refractivity contribution in [2.24, 2.45) is 4.99 Å². The van der Waals surface area contributed by atoms with Crippen molar-refractivity contribution in [2.75, 3.05) is 13.1 Å². The smallest absolute Gasteiger partial charge is 0.216 e. The minimum Gasteiger partial charge on any atom is -0.461 e. The number of rotatable bonds is 6. The van der Waals surface area contributed by atoms with E-state index in [9.17, 15) is 0 Å². The van der Waals surface area contributed by atoms with Crippen LogP contribution in [0.4, 0.5) is 0 Å². The van der Waals surface area contributed by atoms with Gasteiger partial charge in [0.15, 0.2) is 5.96 Å². The number of halogens is 1. The molecular weight excluding hydrogens is 467 g/mol. The van der Waals surface area contributed by atoms with Gasteiger partial charge in [-0.3, -0.25) is 0 Å². The van der Waals surface area contributed by atoms with Crippen LogP contribution in [0.1, 0.15) is 45.1 Å². The van der Waals surface area contributed by atoms with E-state index in [0.29, 0.717) is 12.4 Å². The van der Waals surface area contributed by atoms with Crippen molar-refractivity contribution in [3.63, 3.8) is 0 Å². The molecule has 1 aromatic carbocycles. The van der Waals surface area contributed by atoms with E-state index in [-0.39, 0.29) is 29.4 Å². The molecule has 0 saturated carbocycles. The molecule has 3 aromatic rings. The van der Waals surface area contributed by atoms with Crippen molar-refractivity contribution in [2.45, 2.75) is 46.1 Å². The topological polar surface area (TPSA) is 75.6 Å². The molecule has 0 radical (unpaired) electrons. The molecule has 28 heavy (non-hydrogen) atoms. The quantitative estimate of drug-likeness (QED) is 0.296. The predicted molar refractivity (Wildman–Crippen MR) is 123 cm³/mol. The number of furan rings is 1. The molecule has 0 amide bonds. The van der Waals surface area contributed by atoms with Gasteiger partial charge in [-0.2, -0.15) is 0 Å². The minimum atomic E-state index is -0.0513. The van der Waals surface area contributed by atoms with Crippen molar-refractivity contribution >= 4 is 40.9 Å². The van der Waals surface area contributed by atoms with Gasteiger partial charge in [0.1, 0.15) is 23.6 Å². The molecule has 0 fully saturated rings. The van der Waals surface area contributed by atoms with E-state index < -0.39 is 0 Å². The molecule has 0 spiro atoms. The first-order valence-corrected chi connectivity index (χ1v) is 9.40. The van der Waals surface area contributed by atoms with Crippen LogP contribution in [0.5, 0.6) is 0 Å². The summed E-state index contributed by atoms with van der Waals surface area (Å²) < 4.78 is 11.6. The summed E-state index contributed by atoms with van der Waals surface area (Å²) in [6.45, 7) is 10.3. The Morgan fingerprint density at radius 2 is 1.93 bits per heavy atom. The average Bonchev–Trinajstić information content (AvgIpc) is 3.26. The second kappa shape index (κ2) is 9.95. The van der Waals surface area contributed by atoms with Gasteiger partial charge in [0.05, 0.1) is 6.20 Å². The maximum atomic E-state index is 5.85. The van der Waals surface area contributed by atoms with Gasteiger partial charge in [-0.15, -0.1) is 24.0 Å². The fourth-order valence-electron chi connectivity index (χ4n) is 2.68. The van der Waals surface area contributed by atoms with Crippen LogP contribution in [0.3, 0.4) is 0 Å². The number of benzene rings is 1. The molecule has 0 saturated heterocycles. The van der Waals surface area contributed by atoms with Gasteiger partial charge >= 0.3 is 0 Å². The molecule has 6 nitrogen and oxygen atoms in total. The summed E-state index contributed by atoms with van der Waals surface area (Å²) in [7, 11) is 0. The molecule has 2 N–H and O–H groups in total. The number of hydrogen-bond acceptors (Lipinski definition) is 4. The first kappa shape index (κ1) is 22.3. The Kier molecular flexibility index (Phi) is 7.91. The summed E-state index contributed by atoms with van der Waals surface area (Å²) in [5, 5.41) is 7.70. The van der Waals surface area contributed by atoms with E-state index >= 15 is 0 Å². The number of para-hydroxylation sites is 1. The summed E-state index contributed by atoms with van der Waals surface area (Å²) in [6.07, 6.45) is 2.57. The number of fused-ring (bicyclic) bond motifs is 1.